The number of amides is 2. The zero-order valence-electron chi connectivity index (χ0n) is 15.6. The van der Waals surface area contributed by atoms with Crippen molar-refractivity contribution in [2.24, 2.45) is 5.92 Å². The van der Waals surface area contributed by atoms with Gasteiger partial charge >= 0.3 is 0 Å². The number of piperazine rings is 1. The first kappa shape index (κ1) is 17.9. The lowest BCUT2D eigenvalue weighted by atomic mass is 9.94. The Hall–Kier alpha value is -1.88. The summed E-state index contributed by atoms with van der Waals surface area (Å²) in [6.07, 6.45) is 1.79. The molecule has 2 fully saturated rings. The minimum atomic E-state index is -0.0498. The summed E-state index contributed by atoms with van der Waals surface area (Å²) < 4.78 is 0. The molecule has 1 aromatic rings. The third kappa shape index (κ3) is 3.87. The van der Waals surface area contributed by atoms with E-state index in [1.807, 2.05) is 41.8 Å². The van der Waals surface area contributed by atoms with E-state index in [4.69, 9.17) is 0 Å². The standard InChI is InChI=1S/C20H29N3O2/c1-15-6-4-8-18(16(15)2)20(25)23-9-5-7-17(14-23)19(24)22-12-10-21(3)11-13-22/h4,6,8,17H,5,7,9-14H2,1-3H3. The lowest BCUT2D eigenvalue weighted by Crippen LogP contribution is -2.52. The SMILES string of the molecule is Cc1cccc(C(=O)N2CCCC(C(=O)N3CCN(C)CC3)C2)c1C. The molecular weight excluding hydrogens is 314 g/mol. The van der Waals surface area contributed by atoms with Crippen LogP contribution in [0.3, 0.4) is 0 Å². The Balaban J connectivity index is 1.67. The summed E-state index contributed by atoms with van der Waals surface area (Å²) in [7, 11) is 2.09. The summed E-state index contributed by atoms with van der Waals surface area (Å²) in [5, 5.41) is 0. The smallest absolute Gasteiger partial charge is 0.254 e. The highest BCUT2D eigenvalue weighted by Crippen LogP contribution is 2.23. The van der Waals surface area contributed by atoms with Gasteiger partial charge in [0.1, 0.15) is 0 Å². The summed E-state index contributed by atoms with van der Waals surface area (Å²) in [5.41, 5.74) is 2.95. The van der Waals surface area contributed by atoms with Gasteiger partial charge < -0.3 is 14.7 Å². The average molecular weight is 343 g/mol. The van der Waals surface area contributed by atoms with E-state index in [0.29, 0.717) is 6.54 Å². The Labute approximate surface area is 150 Å². The number of benzene rings is 1. The fourth-order valence-electron chi connectivity index (χ4n) is 3.80. The molecule has 0 aromatic heterocycles. The quantitative estimate of drug-likeness (QED) is 0.824. The van der Waals surface area contributed by atoms with E-state index < -0.39 is 0 Å². The number of nitrogens with zero attached hydrogens (tertiary/aromatic N) is 3. The highest BCUT2D eigenvalue weighted by Gasteiger charge is 2.32. The number of rotatable bonds is 2. The summed E-state index contributed by atoms with van der Waals surface area (Å²) >= 11 is 0. The van der Waals surface area contributed by atoms with Gasteiger partial charge in [-0.25, -0.2) is 0 Å². The molecule has 25 heavy (non-hydrogen) atoms. The molecule has 2 aliphatic rings. The molecule has 5 heteroatoms. The van der Waals surface area contributed by atoms with E-state index in [2.05, 4.69) is 11.9 Å². The van der Waals surface area contributed by atoms with Crippen LogP contribution in [0.2, 0.25) is 0 Å². The maximum Gasteiger partial charge on any atom is 0.254 e. The second-order valence-electron chi connectivity index (χ2n) is 7.47. The fraction of sp³-hybridized carbons (Fsp3) is 0.600. The molecule has 0 N–H and O–H groups in total. The first-order chi connectivity index (χ1) is 12.0. The lowest BCUT2D eigenvalue weighted by molar-refractivity contribution is -0.138. The molecule has 0 radical (unpaired) electrons. The molecule has 1 unspecified atom stereocenters. The first-order valence-corrected chi connectivity index (χ1v) is 9.30. The van der Waals surface area contributed by atoms with Gasteiger partial charge in [-0.2, -0.15) is 0 Å². The number of carbonyl (C=O) groups excluding carboxylic acids is 2. The van der Waals surface area contributed by atoms with E-state index >= 15 is 0 Å². The van der Waals surface area contributed by atoms with Crippen molar-refractivity contribution in [3.05, 3.63) is 34.9 Å². The largest absolute Gasteiger partial charge is 0.340 e. The minimum Gasteiger partial charge on any atom is -0.340 e. The summed E-state index contributed by atoms with van der Waals surface area (Å²) in [4.78, 5) is 31.9. The van der Waals surface area contributed by atoms with E-state index in [0.717, 1.165) is 62.3 Å². The number of piperidine rings is 1. The zero-order chi connectivity index (χ0) is 18.0. The predicted octanol–water partition coefficient (Wildman–Crippen LogP) is 1.93. The van der Waals surface area contributed by atoms with Crippen LogP contribution < -0.4 is 0 Å². The number of carbonyl (C=O) groups is 2. The number of aryl methyl sites for hydroxylation is 1. The molecule has 1 atom stereocenters. The second-order valence-corrected chi connectivity index (χ2v) is 7.47. The van der Waals surface area contributed by atoms with Crippen molar-refractivity contribution in [3.63, 3.8) is 0 Å². The molecule has 2 aliphatic heterocycles. The highest BCUT2D eigenvalue weighted by atomic mass is 16.2. The maximum absolute atomic E-state index is 13.0. The summed E-state index contributed by atoms with van der Waals surface area (Å²) in [5.74, 6) is 0.245. The van der Waals surface area contributed by atoms with Crippen molar-refractivity contribution in [2.45, 2.75) is 26.7 Å². The fourth-order valence-corrected chi connectivity index (χ4v) is 3.80. The van der Waals surface area contributed by atoms with Crippen LogP contribution in [0.1, 0.15) is 34.3 Å². The molecule has 136 valence electrons. The van der Waals surface area contributed by atoms with Crippen LogP contribution in [0.25, 0.3) is 0 Å². The van der Waals surface area contributed by atoms with E-state index in [9.17, 15) is 9.59 Å². The van der Waals surface area contributed by atoms with Crippen molar-refractivity contribution < 1.29 is 9.59 Å². The normalized spacial score (nSPS) is 22.1. The van der Waals surface area contributed by atoms with Crippen LogP contribution >= 0.6 is 0 Å². The predicted molar refractivity (Wildman–Crippen MR) is 98.6 cm³/mol. The number of hydrogen-bond acceptors (Lipinski definition) is 3. The molecule has 3 rings (SSSR count). The second kappa shape index (κ2) is 7.56. The van der Waals surface area contributed by atoms with Crippen molar-refractivity contribution in [3.8, 4) is 0 Å². The molecule has 2 heterocycles. The average Bonchev–Trinajstić information content (AvgIpc) is 2.63. The third-order valence-electron chi connectivity index (χ3n) is 5.71. The van der Waals surface area contributed by atoms with Gasteiger partial charge in [0.25, 0.3) is 5.91 Å². The molecule has 0 aliphatic carbocycles. The Morgan fingerprint density at radius 3 is 2.44 bits per heavy atom. The van der Waals surface area contributed by atoms with Crippen LogP contribution in [0, 0.1) is 19.8 Å². The summed E-state index contributed by atoms with van der Waals surface area (Å²) in [6.45, 7) is 8.80. The van der Waals surface area contributed by atoms with Crippen LogP contribution in [-0.4, -0.2) is 72.8 Å². The third-order valence-corrected chi connectivity index (χ3v) is 5.71. The number of likely N-dealkylation sites (tertiary alicyclic amines) is 1. The van der Waals surface area contributed by atoms with Gasteiger partial charge in [0, 0.05) is 44.8 Å². The molecule has 0 spiro atoms. The number of hydrogen-bond donors (Lipinski definition) is 0. The van der Waals surface area contributed by atoms with Gasteiger partial charge in [0.15, 0.2) is 0 Å². The molecule has 0 saturated carbocycles. The van der Waals surface area contributed by atoms with Crippen LogP contribution in [0.15, 0.2) is 18.2 Å². The Bertz CT molecular complexity index is 650. The Kier molecular flexibility index (Phi) is 5.42. The van der Waals surface area contributed by atoms with Gasteiger partial charge in [0.05, 0.1) is 5.92 Å². The van der Waals surface area contributed by atoms with Crippen molar-refractivity contribution >= 4 is 11.8 Å². The Morgan fingerprint density at radius 2 is 1.72 bits per heavy atom. The van der Waals surface area contributed by atoms with Crippen LogP contribution in [0.4, 0.5) is 0 Å². The number of likely N-dealkylation sites (N-methyl/N-ethyl adjacent to an activating group) is 1. The van der Waals surface area contributed by atoms with Crippen LogP contribution in [0.5, 0.6) is 0 Å². The van der Waals surface area contributed by atoms with Crippen molar-refractivity contribution in [1.82, 2.24) is 14.7 Å². The monoisotopic (exact) mass is 343 g/mol. The van der Waals surface area contributed by atoms with Gasteiger partial charge in [-0.1, -0.05) is 12.1 Å². The van der Waals surface area contributed by atoms with E-state index in [1.165, 1.54) is 0 Å². The topological polar surface area (TPSA) is 43.9 Å². The van der Waals surface area contributed by atoms with Crippen LogP contribution in [-0.2, 0) is 4.79 Å². The van der Waals surface area contributed by atoms with Gasteiger partial charge in [-0.15, -0.1) is 0 Å². The maximum atomic E-state index is 13.0. The van der Waals surface area contributed by atoms with E-state index in [-0.39, 0.29) is 17.7 Å². The van der Waals surface area contributed by atoms with E-state index in [1.54, 1.807) is 0 Å². The lowest BCUT2D eigenvalue weighted by Gasteiger charge is -2.38. The molecule has 2 amide bonds. The van der Waals surface area contributed by atoms with Crippen molar-refractivity contribution in [2.75, 3.05) is 46.3 Å². The van der Waals surface area contributed by atoms with Gasteiger partial charge in [0.2, 0.25) is 5.91 Å². The Morgan fingerprint density at radius 1 is 1.00 bits per heavy atom. The minimum absolute atomic E-state index is 0.0498. The highest BCUT2D eigenvalue weighted by molar-refractivity contribution is 5.96. The molecule has 2 saturated heterocycles. The first-order valence-electron chi connectivity index (χ1n) is 9.30. The molecular formula is C20H29N3O2. The van der Waals surface area contributed by atoms with Gasteiger partial charge in [-0.3, -0.25) is 9.59 Å². The summed E-state index contributed by atoms with van der Waals surface area (Å²) in [6, 6.07) is 5.87. The molecule has 0 bridgehead atoms. The molecule has 5 nitrogen and oxygen atoms in total. The van der Waals surface area contributed by atoms with Crippen molar-refractivity contribution in [1.29, 1.82) is 0 Å². The van der Waals surface area contributed by atoms with Gasteiger partial charge in [-0.05, 0) is 50.9 Å². The zero-order valence-corrected chi connectivity index (χ0v) is 15.6. The molecule has 1 aromatic carbocycles.